The zero-order chi connectivity index (χ0) is 10.4. The van der Waals surface area contributed by atoms with Crippen LogP contribution in [0, 0.1) is 0 Å². The Morgan fingerprint density at radius 2 is 2.43 bits per heavy atom. The molecule has 0 saturated carbocycles. The molecule has 1 rings (SSSR count). The van der Waals surface area contributed by atoms with Gasteiger partial charge in [0.1, 0.15) is 0 Å². The second kappa shape index (κ2) is 5.98. The highest BCUT2D eigenvalue weighted by Crippen LogP contribution is 2.13. The van der Waals surface area contributed by atoms with E-state index in [2.05, 4.69) is 0 Å². The number of carbonyl (C=O) groups excluding carboxylic acids is 1. The van der Waals surface area contributed by atoms with Crippen LogP contribution >= 0.6 is 0 Å². The maximum Gasteiger partial charge on any atom is 0.222 e. The molecule has 1 aliphatic rings. The summed E-state index contributed by atoms with van der Waals surface area (Å²) in [5, 5.41) is 8.62. The van der Waals surface area contributed by atoms with Gasteiger partial charge in [0.25, 0.3) is 0 Å². The van der Waals surface area contributed by atoms with Crippen LogP contribution in [0.5, 0.6) is 0 Å². The van der Waals surface area contributed by atoms with Gasteiger partial charge in [0, 0.05) is 33.2 Å². The van der Waals surface area contributed by atoms with Crippen molar-refractivity contribution in [1.82, 2.24) is 4.90 Å². The van der Waals surface area contributed by atoms with E-state index in [0.29, 0.717) is 19.4 Å². The van der Waals surface area contributed by atoms with Gasteiger partial charge in [-0.2, -0.15) is 0 Å². The molecule has 1 aliphatic heterocycles. The van der Waals surface area contributed by atoms with Crippen molar-refractivity contribution < 1.29 is 14.6 Å². The number of aliphatic hydroxyl groups is 1. The summed E-state index contributed by atoms with van der Waals surface area (Å²) in [6, 6.07) is 0. The number of piperidine rings is 1. The van der Waals surface area contributed by atoms with Crippen molar-refractivity contribution >= 4 is 5.91 Å². The number of likely N-dealkylation sites (tertiary alicyclic amines) is 1. The highest BCUT2D eigenvalue weighted by molar-refractivity contribution is 5.76. The second-order valence-corrected chi connectivity index (χ2v) is 3.67. The van der Waals surface area contributed by atoms with E-state index in [4.69, 9.17) is 9.84 Å². The maximum atomic E-state index is 11.6. The number of hydrogen-bond acceptors (Lipinski definition) is 3. The lowest BCUT2D eigenvalue weighted by Crippen LogP contribution is -2.42. The van der Waals surface area contributed by atoms with Crippen molar-refractivity contribution in [2.75, 3.05) is 26.8 Å². The summed E-state index contributed by atoms with van der Waals surface area (Å²) in [5.74, 6) is 0.140. The second-order valence-electron chi connectivity index (χ2n) is 3.67. The van der Waals surface area contributed by atoms with Crippen molar-refractivity contribution in [2.45, 2.75) is 31.8 Å². The van der Waals surface area contributed by atoms with Gasteiger partial charge in [-0.1, -0.05) is 0 Å². The Kier molecular flexibility index (Phi) is 4.90. The van der Waals surface area contributed by atoms with Gasteiger partial charge < -0.3 is 14.7 Å². The van der Waals surface area contributed by atoms with E-state index in [1.54, 1.807) is 7.11 Å². The molecule has 0 spiro atoms. The van der Waals surface area contributed by atoms with Crippen molar-refractivity contribution in [3.63, 3.8) is 0 Å². The van der Waals surface area contributed by atoms with Gasteiger partial charge in [0.15, 0.2) is 0 Å². The summed E-state index contributed by atoms with van der Waals surface area (Å²) in [4.78, 5) is 13.4. The lowest BCUT2D eigenvalue weighted by atomic mass is 10.1. The number of hydrogen-bond donors (Lipinski definition) is 1. The zero-order valence-corrected chi connectivity index (χ0v) is 8.74. The molecular formula is C10H19NO3. The molecule has 82 valence electrons. The molecule has 14 heavy (non-hydrogen) atoms. The molecule has 0 aromatic carbocycles. The summed E-state index contributed by atoms with van der Waals surface area (Å²) >= 11 is 0. The molecule has 0 aliphatic carbocycles. The first kappa shape index (κ1) is 11.5. The molecule has 1 fully saturated rings. The Bertz CT molecular complexity index is 184. The van der Waals surface area contributed by atoms with E-state index in [-0.39, 0.29) is 18.6 Å². The lowest BCUT2D eigenvalue weighted by molar-refractivity contribution is -0.135. The molecule has 1 unspecified atom stereocenters. The number of aliphatic hydroxyl groups excluding tert-OH is 1. The highest BCUT2D eigenvalue weighted by atomic mass is 16.5. The third kappa shape index (κ3) is 3.27. The van der Waals surface area contributed by atoms with Crippen LogP contribution in [-0.4, -0.2) is 48.8 Å². The van der Waals surface area contributed by atoms with Gasteiger partial charge in [0.2, 0.25) is 5.91 Å². The molecule has 4 nitrogen and oxygen atoms in total. The molecule has 0 aromatic heterocycles. The molecule has 1 amide bonds. The molecule has 0 aromatic rings. The number of amides is 1. The molecule has 0 radical (unpaired) electrons. The van der Waals surface area contributed by atoms with E-state index in [9.17, 15) is 4.79 Å². The lowest BCUT2D eigenvalue weighted by Gasteiger charge is -2.31. The van der Waals surface area contributed by atoms with Crippen LogP contribution in [0.2, 0.25) is 0 Å². The average molecular weight is 201 g/mol. The number of ether oxygens (including phenoxy) is 1. The van der Waals surface area contributed by atoms with E-state index in [1.165, 1.54) is 0 Å². The van der Waals surface area contributed by atoms with Gasteiger partial charge in [-0.05, 0) is 19.3 Å². The van der Waals surface area contributed by atoms with Crippen LogP contribution in [-0.2, 0) is 9.53 Å². The van der Waals surface area contributed by atoms with Gasteiger partial charge >= 0.3 is 0 Å². The van der Waals surface area contributed by atoms with Crippen LogP contribution in [0.15, 0.2) is 0 Å². The molecule has 4 heteroatoms. The summed E-state index contributed by atoms with van der Waals surface area (Å²) in [7, 11) is 1.69. The van der Waals surface area contributed by atoms with Crippen LogP contribution in [0.1, 0.15) is 25.7 Å². The fourth-order valence-corrected chi connectivity index (χ4v) is 1.75. The summed E-state index contributed by atoms with van der Waals surface area (Å²) in [6.45, 7) is 1.64. The van der Waals surface area contributed by atoms with Gasteiger partial charge in [0.05, 0.1) is 6.10 Å². The summed E-state index contributed by atoms with van der Waals surface area (Å²) < 4.78 is 5.23. The molecule has 0 bridgehead atoms. The van der Waals surface area contributed by atoms with E-state index in [1.807, 2.05) is 4.90 Å². The Morgan fingerprint density at radius 1 is 1.64 bits per heavy atom. The van der Waals surface area contributed by atoms with Crippen molar-refractivity contribution in [3.05, 3.63) is 0 Å². The standard InChI is InChI=1S/C10H19NO3/c1-14-9-4-2-6-11(8-9)10(13)5-3-7-12/h9,12H,2-8H2,1H3. The Labute approximate surface area is 84.8 Å². The minimum absolute atomic E-state index is 0.0906. The van der Waals surface area contributed by atoms with Crippen molar-refractivity contribution in [2.24, 2.45) is 0 Å². The number of methoxy groups -OCH3 is 1. The third-order valence-corrected chi connectivity index (χ3v) is 2.61. The van der Waals surface area contributed by atoms with Gasteiger partial charge in [-0.15, -0.1) is 0 Å². The Balaban J connectivity index is 2.31. The first-order chi connectivity index (χ1) is 6.77. The van der Waals surface area contributed by atoms with Crippen molar-refractivity contribution in [3.8, 4) is 0 Å². The molecule has 1 saturated heterocycles. The number of nitrogens with zero attached hydrogens (tertiary/aromatic N) is 1. The Hall–Kier alpha value is -0.610. The molecule has 1 atom stereocenters. The van der Waals surface area contributed by atoms with Crippen LogP contribution < -0.4 is 0 Å². The average Bonchev–Trinajstić information content (AvgIpc) is 2.26. The fraction of sp³-hybridized carbons (Fsp3) is 0.900. The SMILES string of the molecule is COC1CCCN(C(=O)CCCO)C1. The first-order valence-electron chi connectivity index (χ1n) is 5.19. The summed E-state index contributed by atoms with van der Waals surface area (Å²) in [5.41, 5.74) is 0. The number of carbonyl (C=O) groups is 1. The third-order valence-electron chi connectivity index (χ3n) is 2.61. The van der Waals surface area contributed by atoms with E-state index >= 15 is 0 Å². The minimum Gasteiger partial charge on any atom is -0.396 e. The quantitative estimate of drug-likeness (QED) is 0.716. The monoisotopic (exact) mass is 201 g/mol. The highest BCUT2D eigenvalue weighted by Gasteiger charge is 2.22. The van der Waals surface area contributed by atoms with Crippen LogP contribution in [0.4, 0.5) is 0 Å². The summed E-state index contributed by atoms with van der Waals surface area (Å²) in [6.07, 6.45) is 3.27. The zero-order valence-electron chi connectivity index (χ0n) is 8.74. The first-order valence-corrected chi connectivity index (χ1v) is 5.19. The molecule has 1 heterocycles. The van der Waals surface area contributed by atoms with Gasteiger partial charge in [-0.3, -0.25) is 4.79 Å². The van der Waals surface area contributed by atoms with Gasteiger partial charge in [-0.25, -0.2) is 0 Å². The predicted molar refractivity (Wildman–Crippen MR) is 52.9 cm³/mol. The smallest absolute Gasteiger partial charge is 0.222 e. The van der Waals surface area contributed by atoms with Crippen LogP contribution in [0.3, 0.4) is 0 Å². The van der Waals surface area contributed by atoms with Crippen LogP contribution in [0.25, 0.3) is 0 Å². The Morgan fingerprint density at radius 3 is 3.07 bits per heavy atom. The predicted octanol–water partition coefficient (Wildman–Crippen LogP) is 0.396. The molecular weight excluding hydrogens is 182 g/mol. The molecule has 1 N–H and O–H groups in total. The normalized spacial score (nSPS) is 22.4. The maximum absolute atomic E-state index is 11.6. The minimum atomic E-state index is 0.0906. The van der Waals surface area contributed by atoms with E-state index < -0.39 is 0 Å². The fourth-order valence-electron chi connectivity index (χ4n) is 1.75. The van der Waals surface area contributed by atoms with Crippen molar-refractivity contribution in [1.29, 1.82) is 0 Å². The van der Waals surface area contributed by atoms with E-state index in [0.717, 1.165) is 19.4 Å². The largest absolute Gasteiger partial charge is 0.396 e. The number of rotatable bonds is 4. The topological polar surface area (TPSA) is 49.8 Å².